The number of allylic oxidation sites excluding steroid dienone is 1. The molecule has 0 spiro atoms. The molecule has 2 atom stereocenters. The summed E-state index contributed by atoms with van der Waals surface area (Å²) in [4.78, 5) is 12.4. The maximum atomic E-state index is 13.7. The summed E-state index contributed by atoms with van der Waals surface area (Å²) >= 11 is 11.4. The molecule has 3 rings (SSSR count). The van der Waals surface area contributed by atoms with E-state index in [1.54, 1.807) is 42.5 Å². The molecule has 1 saturated carbocycles. The Labute approximate surface area is 167 Å². The number of halogens is 3. The van der Waals surface area contributed by atoms with Crippen LogP contribution in [0.25, 0.3) is 0 Å². The third-order valence-corrected chi connectivity index (χ3v) is 5.07. The fourth-order valence-electron chi connectivity index (χ4n) is 3.17. The summed E-state index contributed by atoms with van der Waals surface area (Å²) in [5.41, 5.74) is 0.514. The summed E-state index contributed by atoms with van der Waals surface area (Å²) in [5, 5.41) is 0. The minimum Gasteiger partial charge on any atom is -0.461 e. The van der Waals surface area contributed by atoms with E-state index in [-0.39, 0.29) is 40.1 Å². The maximum Gasteiger partial charge on any atom is 0.310 e. The highest BCUT2D eigenvalue weighted by Gasteiger charge is 2.61. The van der Waals surface area contributed by atoms with Crippen LogP contribution in [0.4, 0.5) is 4.39 Å². The van der Waals surface area contributed by atoms with Crippen LogP contribution in [0.5, 0.6) is 11.5 Å². The number of benzene rings is 2. The lowest BCUT2D eigenvalue weighted by Gasteiger charge is -2.09. The number of rotatable bonds is 6. The van der Waals surface area contributed by atoms with Gasteiger partial charge in [-0.2, -0.15) is 0 Å². The van der Waals surface area contributed by atoms with Crippen molar-refractivity contribution in [3.05, 3.63) is 70.5 Å². The molecule has 3 nitrogen and oxygen atoms in total. The van der Waals surface area contributed by atoms with Gasteiger partial charge in [0.1, 0.15) is 16.8 Å². The minimum atomic E-state index is -0.442. The Morgan fingerprint density at radius 3 is 2.63 bits per heavy atom. The summed E-state index contributed by atoms with van der Waals surface area (Å²) in [7, 11) is 0. The molecule has 0 amide bonds. The minimum absolute atomic E-state index is 0.0364. The molecule has 142 valence electrons. The summed E-state index contributed by atoms with van der Waals surface area (Å²) in [6.07, 6.45) is 1.68. The van der Waals surface area contributed by atoms with E-state index in [4.69, 9.17) is 32.7 Å². The van der Waals surface area contributed by atoms with Crippen molar-refractivity contribution in [3.63, 3.8) is 0 Å². The van der Waals surface area contributed by atoms with Gasteiger partial charge >= 0.3 is 5.97 Å². The van der Waals surface area contributed by atoms with Gasteiger partial charge in [0.2, 0.25) is 0 Å². The third-order valence-electron chi connectivity index (χ3n) is 4.81. The second-order valence-electron chi connectivity index (χ2n) is 7.07. The molecule has 1 fully saturated rings. The smallest absolute Gasteiger partial charge is 0.310 e. The molecule has 2 unspecified atom stereocenters. The van der Waals surface area contributed by atoms with Gasteiger partial charge < -0.3 is 9.47 Å². The molecule has 0 N–H and O–H groups in total. The Kier molecular flexibility index (Phi) is 5.78. The third kappa shape index (κ3) is 4.63. The Hall–Kier alpha value is -2.04. The van der Waals surface area contributed by atoms with E-state index in [1.807, 2.05) is 19.9 Å². The molecule has 2 aromatic carbocycles. The van der Waals surface area contributed by atoms with Crippen molar-refractivity contribution >= 4 is 29.2 Å². The molecule has 0 bridgehead atoms. The van der Waals surface area contributed by atoms with E-state index in [0.29, 0.717) is 5.75 Å². The predicted molar refractivity (Wildman–Crippen MR) is 103 cm³/mol. The topological polar surface area (TPSA) is 35.5 Å². The molecule has 27 heavy (non-hydrogen) atoms. The fourth-order valence-corrected chi connectivity index (χ4v) is 3.44. The van der Waals surface area contributed by atoms with Crippen LogP contribution in [0.15, 0.2) is 59.1 Å². The van der Waals surface area contributed by atoms with Gasteiger partial charge in [-0.1, -0.05) is 61.3 Å². The molecular weight excluding hydrogens is 390 g/mol. The van der Waals surface area contributed by atoms with Gasteiger partial charge in [0.15, 0.2) is 11.6 Å². The lowest BCUT2D eigenvalue weighted by Crippen LogP contribution is -2.10. The van der Waals surface area contributed by atoms with Crippen LogP contribution >= 0.6 is 23.2 Å². The van der Waals surface area contributed by atoms with Crippen LogP contribution in [-0.4, -0.2) is 5.97 Å². The van der Waals surface area contributed by atoms with E-state index < -0.39 is 5.82 Å². The Balaban J connectivity index is 1.61. The van der Waals surface area contributed by atoms with Crippen molar-refractivity contribution in [2.24, 2.45) is 17.3 Å². The van der Waals surface area contributed by atoms with Crippen molar-refractivity contribution in [3.8, 4) is 11.5 Å². The van der Waals surface area contributed by atoms with Gasteiger partial charge in [0, 0.05) is 0 Å². The van der Waals surface area contributed by atoms with Crippen LogP contribution in [0.3, 0.4) is 0 Å². The van der Waals surface area contributed by atoms with Gasteiger partial charge in [-0.25, -0.2) is 4.39 Å². The Bertz CT molecular complexity index is 875. The fraction of sp³-hybridized carbons (Fsp3) is 0.286. The van der Waals surface area contributed by atoms with E-state index >= 15 is 0 Å². The average molecular weight is 409 g/mol. The molecule has 1 aliphatic rings. The van der Waals surface area contributed by atoms with Gasteiger partial charge in [0.05, 0.1) is 5.92 Å². The second-order valence-corrected chi connectivity index (χ2v) is 8.08. The summed E-state index contributed by atoms with van der Waals surface area (Å²) < 4.78 is 24.9. The van der Waals surface area contributed by atoms with Crippen LogP contribution in [0.2, 0.25) is 0 Å². The summed E-state index contributed by atoms with van der Waals surface area (Å²) in [6.45, 7) is 4.05. The molecule has 0 heterocycles. The molecule has 6 heteroatoms. The molecular formula is C21H19Cl2FO3. The van der Waals surface area contributed by atoms with Crippen molar-refractivity contribution in [2.75, 3.05) is 0 Å². The summed E-state index contributed by atoms with van der Waals surface area (Å²) in [5.74, 6) is -0.443. The number of hydrogen-bond acceptors (Lipinski definition) is 3. The molecule has 1 aliphatic carbocycles. The number of para-hydroxylation sites is 1. The zero-order chi connectivity index (χ0) is 19.6. The Morgan fingerprint density at radius 1 is 1.19 bits per heavy atom. The molecule has 0 saturated heterocycles. The first-order valence-electron chi connectivity index (χ1n) is 8.50. The largest absolute Gasteiger partial charge is 0.461 e. The van der Waals surface area contributed by atoms with E-state index in [2.05, 4.69) is 0 Å². The monoisotopic (exact) mass is 408 g/mol. The standard InChI is InChI=1S/C21H19Cl2FO3/c1-21(2)15(11-18(22)23)19(21)20(25)26-12-13-6-5-7-14(10-13)27-17-9-4-3-8-16(17)24/h3-11,15,19H,12H2,1-2H3. The van der Waals surface area contributed by atoms with Gasteiger partial charge in [-0.3, -0.25) is 4.79 Å². The summed E-state index contributed by atoms with van der Waals surface area (Å²) in [6, 6.07) is 13.2. The molecule has 0 radical (unpaired) electrons. The maximum absolute atomic E-state index is 13.7. The molecule has 0 aromatic heterocycles. The molecule has 0 aliphatic heterocycles. The van der Waals surface area contributed by atoms with Gasteiger partial charge in [0.25, 0.3) is 0 Å². The highest BCUT2D eigenvalue weighted by Crippen LogP contribution is 2.60. The normalized spacial score (nSPS) is 19.9. The number of esters is 1. The number of carbonyl (C=O) groups is 1. The SMILES string of the molecule is CC1(C)C(C=C(Cl)Cl)C1C(=O)OCc1cccc(Oc2ccccc2F)c1. The molecule has 2 aromatic rings. The lowest BCUT2D eigenvalue weighted by molar-refractivity contribution is -0.147. The first kappa shape index (κ1) is 19.7. The lowest BCUT2D eigenvalue weighted by atomic mass is 10.1. The highest BCUT2D eigenvalue weighted by atomic mass is 35.5. The van der Waals surface area contributed by atoms with E-state index in [0.717, 1.165) is 5.56 Å². The number of hydrogen-bond donors (Lipinski definition) is 0. The second kappa shape index (κ2) is 7.91. The van der Waals surface area contributed by atoms with Crippen LogP contribution in [0.1, 0.15) is 19.4 Å². The zero-order valence-corrected chi connectivity index (χ0v) is 16.4. The number of carbonyl (C=O) groups excluding carboxylic acids is 1. The highest BCUT2D eigenvalue weighted by molar-refractivity contribution is 6.55. The average Bonchev–Trinajstić information content (AvgIpc) is 3.14. The predicted octanol–water partition coefficient (Wildman–Crippen LogP) is 6.25. The Morgan fingerprint density at radius 2 is 1.93 bits per heavy atom. The number of ether oxygens (including phenoxy) is 2. The van der Waals surface area contributed by atoms with Gasteiger partial charge in [-0.05, 0) is 47.2 Å². The van der Waals surface area contributed by atoms with E-state index in [9.17, 15) is 9.18 Å². The zero-order valence-electron chi connectivity index (χ0n) is 14.9. The van der Waals surface area contributed by atoms with Crippen LogP contribution in [-0.2, 0) is 16.1 Å². The van der Waals surface area contributed by atoms with Crippen LogP contribution < -0.4 is 4.74 Å². The van der Waals surface area contributed by atoms with Gasteiger partial charge in [-0.15, -0.1) is 0 Å². The van der Waals surface area contributed by atoms with Crippen molar-refractivity contribution in [1.82, 2.24) is 0 Å². The first-order chi connectivity index (χ1) is 12.8. The van der Waals surface area contributed by atoms with Crippen molar-refractivity contribution in [2.45, 2.75) is 20.5 Å². The van der Waals surface area contributed by atoms with Crippen LogP contribution in [0, 0.1) is 23.1 Å². The van der Waals surface area contributed by atoms with E-state index in [1.165, 1.54) is 6.07 Å². The quantitative estimate of drug-likeness (QED) is 0.529. The van der Waals surface area contributed by atoms with Crippen molar-refractivity contribution in [1.29, 1.82) is 0 Å². The van der Waals surface area contributed by atoms with Crippen molar-refractivity contribution < 1.29 is 18.7 Å². The first-order valence-corrected chi connectivity index (χ1v) is 9.25.